The Morgan fingerprint density at radius 2 is 2.40 bits per heavy atom. The highest BCUT2D eigenvalue weighted by molar-refractivity contribution is 6.29. The zero-order valence-corrected chi connectivity index (χ0v) is 9.48. The van der Waals surface area contributed by atoms with E-state index in [9.17, 15) is 5.11 Å². The lowest BCUT2D eigenvalue weighted by Crippen LogP contribution is -2.20. The van der Waals surface area contributed by atoms with Crippen molar-refractivity contribution in [3.8, 4) is 0 Å². The lowest BCUT2D eigenvalue weighted by molar-refractivity contribution is 0.146. The number of β-amino-alcohol motifs (C(OH)–C–C–N with tert-alkyl or cyclic N) is 1. The van der Waals surface area contributed by atoms with Crippen LogP contribution in [0.15, 0.2) is 18.3 Å². The summed E-state index contributed by atoms with van der Waals surface area (Å²) in [5.74, 6) is 0.372. The second-order valence-corrected chi connectivity index (χ2v) is 4.36. The molecular formula is C11H15ClN2O. The number of anilines is 1. The van der Waals surface area contributed by atoms with Gasteiger partial charge in [-0.25, -0.2) is 4.98 Å². The molecule has 1 N–H and O–H groups in total. The predicted molar refractivity (Wildman–Crippen MR) is 61.2 cm³/mol. The van der Waals surface area contributed by atoms with E-state index < -0.39 is 0 Å². The average Bonchev–Trinajstić information content (AvgIpc) is 2.60. The van der Waals surface area contributed by atoms with Crippen molar-refractivity contribution in [1.29, 1.82) is 0 Å². The SMILES string of the molecule is CCC1CN(c2ccnc(Cl)c2)CC1O. The summed E-state index contributed by atoms with van der Waals surface area (Å²) in [6.45, 7) is 3.70. The molecule has 1 aromatic heterocycles. The molecule has 0 bridgehead atoms. The Morgan fingerprint density at radius 3 is 3.00 bits per heavy atom. The molecule has 0 radical (unpaired) electrons. The van der Waals surface area contributed by atoms with Crippen LogP contribution in [0.3, 0.4) is 0 Å². The first-order valence-corrected chi connectivity index (χ1v) is 5.63. The van der Waals surface area contributed by atoms with E-state index >= 15 is 0 Å². The lowest BCUT2D eigenvalue weighted by Gasteiger charge is -2.17. The van der Waals surface area contributed by atoms with Gasteiger partial charge >= 0.3 is 0 Å². The van der Waals surface area contributed by atoms with Crippen LogP contribution in [0.2, 0.25) is 5.15 Å². The van der Waals surface area contributed by atoms with E-state index in [0.717, 1.165) is 18.7 Å². The molecular weight excluding hydrogens is 212 g/mol. The van der Waals surface area contributed by atoms with Crippen molar-refractivity contribution in [3.05, 3.63) is 23.5 Å². The van der Waals surface area contributed by atoms with Crippen molar-refractivity contribution >= 4 is 17.3 Å². The summed E-state index contributed by atoms with van der Waals surface area (Å²) in [4.78, 5) is 6.10. The van der Waals surface area contributed by atoms with Gasteiger partial charge in [0.1, 0.15) is 5.15 Å². The zero-order valence-electron chi connectivity index (χ0n) is 8.73. The van der Waals surface area contributed by atoms with Gasteiger partial charge in [-0.2, -0.15) is 0 Å². The van der Waals surface area contributed by atoms with Gasteiger partial charge in [0, 0.05) is 30.9 Å². The number of rotatable bonds is 2. The molecule has 0 saturated carbocycles. The molecule has 3 nitrogen and oxygen atoms in total. The quantitative estimate of drug-likeness (QED) is 0.784. The van der Waals surface area contributed by atoms with E-state index in [1.165, 1.54) is 0 Å². The van der Waals surface area contributed by atoms with Crippen molar-refractivity contribution in [2.24, 2.45) is 5.92 Å². The van der Waals surface area contributed by atoms with Gasteiger partial charge in [-0.1, -0.05) is 18.5 Å². The average molecular weight is 227 g/mol. The van der Waals surface area contributed by atoms with Crippen molar-refractivity contribution in [2.75, 3.05) is 18.0 Å². The van der Waals surface area contributed by atoms with Gasteiger partial charge in [-0.05, 0) is 18.6 Å². The fourth-order valence-corrected chi connectivity index (χ4v) is 2.22. The van der Waals surface area contributed by atoms with Crippen LogP contribution >= 0.6 is 11.6 Å². The van der Waals surface area contributed by atoms with Crippen molar-refractivity contribution in [3.63, 3.8) is 0 Å². The maximum atomic E-state index is 9.80. The van der Waals surface area contributed by atoms with E-state index in [1.54, 1.807) is 6.20 Å². The highest BCUT2D eigenvalue weighted by atomic mass is 35.5. The van der Waals surface area contributed by atoms with Gasteiger partial charge in [0.25, 0.3) is 0 Å². The number of halogens is 1. The second-order valence-electron chi connectivity index (χ2n) is 3.98. The first-order valence-electron chi connectivity index (χ1n) is 5.25. The Bertz CT molecular complexity index is 345. The van der Waals surface area contributed by atoms with E-state index in [1.807, 2.05) is 12.1 Å². The molecule has 1 fully saturated rings. The van der Waals surface area contributed by atoms with Crippen LogP contribution in [-0.2, 0) is 0 Å². The summed E-state index contributed by atoms with van der Waals surface area (Å²) in [7, 11) is 0. The molecule has 1 saturated heterocycles. The Balaban J connectivity index is 2.13. The van der Waals surface area contributed by atoms with E-state index in [4.69, 9.17) is 11.6 Å². The molecule has 2 atom stereocenters. The predicted octanol–water partition coefficient (Wildman–Crippen LogP) is 1.94. The number of hydrogen-bond donors (Lipinski definition) is 1. The molecule has 2 rings (SSSR count). The molecule has 0 aliphatic carbocycles. The Kier molecular flexibility index (Phi) is 3.12. The van der Waals surface area contributed by atoms with Gasteiger partial charge in [0.15, 0.2) is 0 Å². The maximum absolute atomic E-state index is 9.80. The van der Waals surface area contributed by atoms with Gasteiger partial charge < -0.3 is 10.0 Å². The van der Waals surface area contributed by atoms with Crippen molar-refractivity contribution < 1.29 is 5.11 Å². The molecule has 2 heterocycles. The molecule has 82 valence electrons. The number of nitrogens with zero attached hydrogens (tertiary/aromatic N) is 2. The Hall–Kier alpha value is -0.800. The Morgan fingerprint density at radius 1 is 1.60 bits per heavy atom. The molecule has 2 unspecified atom stereocenters. The smallest absolute Gasteiger partial charge is 0.131 e. The van der Waals surface area contributed by atoms with Crippen LogP contribution in [0.4, 0.5) is 5.69 Å². The molecule has 4 heteroatoms. The summed E-state index contributed by atoms with van der Waals surface area (Å²) in [6.07, 6.45) is 2.49. The number of aromatic nitrogens is 1. The third kappa shape index (κ3) is 2.24. The molecule has 0 amide bonds. The fourth-order valence-electron chi connectivity index (χ4n) is 2.06. The lowest BCUT2D eigenvalue weighted by atomic mass is 10.0. The number of aliphatic hydroxyl groups excluding tert-OH is 1. The van der Waals surface area contributed by atoms with E-state index in [0.29, 0.717) is 17.6 Å². The molecule has 15 heavy (non-hydrogen) atoms. The summed E-state index contributed by atoms with van der Waals surface area (Å²) >= 11 is 5.83. The summed E-state index contributed by atoms with van der Waals surface area (Å²) in [6, 6.07) is 3.77. The van der Waals surface area contributed by atoms with Crippen LogP contribution in [0, 0.1) is 5.92 Å². The van der Waals surface area contributed by atoms with Crippen LogP contribution in [0.1, 0.15) is 13.3 Å². The number of hydrogen-bond acceptors (Lipinski definition) is 3. The first kappa shape index (κ1) is 10.7. The van der Waals surface area contributed by atoms with Crippen LogP contribution in [0.25, 0.3) is 0 Å². The highest BCUT2D eigenvalue weighted by Gasteiger charge is 2.29. The Labute approximate surface area is 94.7 Å². The molecule has 1 aromatic rings. The third-order valence-electron chi connectivity index (χ3n) is 3.01. The number of pyridine rings is 1. The largest absolute Gasteiger partial charge is 0.391 e. The van der Waals surface area contributed by atoms with Crippen LogP contribution in [0.5, 0.6) is 0 Å². The van der Waals surface area contributed by atoms with Gasteiger partial charge in [0.2, 0.25) is 0 Å². The molecule has 1 aliphatic rings. The fraction of sp³-hybridized carbons (Fsp3) is 0.545. The number of aliphatic hydroxyl groups is 1. The standard InChI is InChI=1S/C11H15ClN2O/c1-2-8-6-14(7-10(8)15)9-3-4-13-11(12)5-9/h3-5,8,10,15H,2,6-7H2,1H3. The molecule has 1 aliphatic heterocycles. The monoisotopic (exact) mass is 226 g/mol. The third-order valence-corrected chi connectivity index (χ3v) is 3.21. The summed E-state index contributed by atoms with van der Waals surface area (Å²) < 4.78 is 0. The minimum Gasteiger partial charge on any atom is -0.391 e. The minimum absolute atomic E-state index is 0.220. The topological polar surface area (TPSA) is 36.4 Å². The normalized spacial score (nSPS) is 25.9. The van der Waals surface area contributed by atoms with Crippen molar-refractivity contribution in [2.45, 2.75) is 19.4 Å². The van der Waals surface area contributed by atoms with Gasteiger partial charge in [-0.15, -0.1) is 0 Å². The highest BCUT2D eigenvalue weighted by Crippen LogP contribution is 2.26. The van der Waals surface area contributed by atoms with Crippen LogP contribution in [-0.4, -0.2) is 29.3 Å². The minimum atomic E-state index is -0.220. The van der Waals surface area contributed by atoms with E-state index in [-0.39, 0.29) is 6.10 Å². The van der Waals surface area contributed by atoms with Crippen molar-refractivity contribution in [1.82, 2.24) is 4.98 Å². The van der Waals surface area contributed by atoms with Gasteiger partial charge in [-0.3, -0.25) is 0 Å². The van der Waals surface area contributed by atoms with E-state index in [2.05, 4.69) is 16.8 Å². The maximum Gasteiger partial charge on any atom is 0.131 e. The zero-order chi connectivity index (χ0) is 10.8. The molecule has 0 spiro atoms. The molecule has 0 aromatic carbocycles. The second kappa shape index (κ2) is 4.37. The first-order chi connectivity index (χ1) is 7.20. The van der Waals surface area contributed by atoms with Crippen LogP contribution < -0.4 is 4.90 Å². The summed E-state index contributed by atoms with van der Waals surface area (Å²) in [5.41, 5.74) is 1.05. The van der Waals surface area contributed by atoms with Gasteiger partial charge in [0.05, 0.1) is 6.10 Å². The summed E-state index contributed by atoms with van der Waals surface area (Å²) in [5, 5.41) is 10.3.